The standard InChI is InChI=1S/C8H7ClN2O3/c1-14-8(12)6-3-2-5(4-10-13)11-7(6)9/h2-4,13H,1H3/b10-4-. The molecule has 0 radical (unpaired) electrons. The number of carbonyl (C=O) groups excluding carboxylic acids is 1. The number of hydrogen-bond donors (Lipinski definition) is 1. The summed E-state index contributed by atoms with van der Waals surface area (Å²) >= 11 is 5.68. The van der Waals surface area contributed by atoms with E-state index in [2.05, 4.69) is 14.9 Å². The Hall–Kier alpha value is -1.62. The number of rotatable bonds is 2. The Bertz CT molecular complexity index is 379. The molecule has 6 heteroatoms. The van der Waals surface area contributed by atoms with E-state index in [-0.39, 0.29) is 10.7 Å². The lowest BCUT2D eigenvalue weighted by Crippen LogP contribution is -2.04. The summed E-state index contributed by atoms with van der Waals surface area (Å²) in [6, 6.07) is 2.93. The smallest absolute Gasteiger partial charge is 0.341 e. The quantitative estimate of drug-likeness (QED) is 0.265. The molecule has 0 fully saturated rings. The van der Waals surface area contributed by atoms with Crippen LogP contribution in [0.1, 0.15) is 16.1 Å². The number of esters is 1. The minimum Gasteiger partial charge on any atom is -0.465 e. The molecule has 74 valence electrons. The van der Waals surface area contributed by atoms with Gasteiger partial charge in [0.25, 0.3) is 0 Å². The molecule has 0 bridgehead atoms. The molecule has 1 aromatic heterocycles. The fraction of sp³-hybridized carbons (Fsp3) is 0.125. The molecule has 0 atom stereocenters. The molecule has 1 rings (SSSR count). The maximum absolute atomic E-state index is 11.1. The third-order valence-electron chi connectivity index (χ3n) is 1.47. The lowest BCUT2D eigenvalue weighted by atomic mass is 10.2. The van der Waals surface area contributed by atoms with E-state index >= 15 is 0 Å². The van der Waals surface area contributed by atoms with Crippen molar-refractivity contribution in [1.82, 2.24) is 4.98 Å². The predicted molar refractivity (Wildman–Crippen MR) is 50.0 cm³/mol. The summed E-state index contributed by atoms with van der Waals surface area (Å²) in [5, 5.41) is 11.0. The molecule has 5 nitrogen and oxygen atoms in total. The Kier molecular flexibility index (Phi) is 3.41. The van der Waals surface area contributed by atoms with E-state index in [1.54, 1.807) is 0 Å². The van der Waals surface area contributed by atoms with Crippen molar-refractivity contribution in [3.8, 4) is 0 Å². The van der Waals surface area contributed by atoms with Gasteiger partial charge in [0.05, 0.1) is 24.6 Å². The van der Waals surface area contributed by atoms with Crippen LogP contribution in [0.3, 0.4) is 0 Å². The first-order chi connectivity index (χ1) is 6.69. The van der Waals surface area contributed by atoms with Crippen LogP contribution in [-0.2, 0) is 4.74 Å². The van der Waals surface area contributed by atoms with Crippen molar-refractivity contribution >= 4 is 23.8 Å². The average Bonchev–Trinajstić information content (AvgIpc) is 2.17. The predicted octanol–water partition coefficient (Wildman–Crippen LogP) is 1.33. The highest BCUT2D eigenvalue weighted by Gasteiger charge is 2.11. The maximum Gasteiger partial charge on any atom is 0.341 e. The van der Waals surface area contributed by atoms with Crippen LogP contribution >= 0.6 is 11.6 Å². The van der Waals surface area contributed by atoms with Crippen LogP contribution in [0.4, 0.5) is 0 Å². The van der Waals surface area contributed by atoms with Crippen molar-refractivity contribution in [2.24, 2.45) is 5.16 Å². The molecule has 0 unspecified atom stereocenters. The molecule has 0 amide bonds. The van der Waals surface area contributed by atoms with E-state index in [4.69, 9.17) is 16.8 Å². The minimum atomic E-state index is -0.560. The maximum atomic E-state index is 11.1. The molecule has 1 aromatic rings. The molecule has 0 aliphatic heterocycles. The Morgan fingerprint density at radius 2 is 2.43 bits per heavy atom. The van der Waals surface area contributed by atoms with Crippen LogP contribution in [0.2, 0.25) is 5.15 Å². The second-order valence-corrected chi connectivity index (χ2v) is 2.67. The first kappa shape index (κ1) is 10.5. The number of ether oxygens (including phenoxy) is 1. The van der Waals surface area contributed by atoms with E-state index < -0.39 is 5.97 Å². The van der Waals surface area contributed by atoms with Crippen LogP contribution in [-0.4, -0.2) is 29.5 Å². The van der Waals surface area contributed by atoms with Crippen molar-refractivity contribution in [2.45, 2.75) is 0 Å². The molecule has 1 N–H and O–H groups in total. The van der Waals surface area contributed by atoms with Crippen molar-refractivity contribution in [3.05, 3.63) is 28.5 Å². The van der Waals surface area contributed by atoms with Gasteiger partial charge in [-0.3, -0.25) is 0 Å². The Labute approximate surface area is 85.0 Å². The molecule has 0 saturated heterocycles. The number of aromatic nitrogens is 1. The highest BCUT2D eigenvalue weighted by molar-refractivity contribution is 6.32. The Morgan fingerprint density at radius 3 is 2.93 bits per heavy atom. The molecular weight excluding hydrogens is 208 g/mol. The van der Waals surface area contributed by atoms with Crippen molar-refractivity contribution in [1.29, 1.82) is 0 Å². The van der Waals surface area contributed by atoms with E-state index in [0.29, 0.717) is 5.69 Å². The molecule has 0 aromatic carbocycles. The van der Waals surface area contributed by atoms with E-state index in [0.717, 1.165) is 6.21 Å². The van der Waals surface area contributed by atoms with Gasteiger partial charge in [-0.05, 0) is 12.1 Å². The molecular formula is C8H7ClN2O3. The Balaban J connectivity index is 3.07. The zero-order chi connectivity index (χ0) is 10.6. The van der Waals surface area contributed by atoms with Gasteiger partial charge in [-0.2, -0.15) is 0 Å². The van der Waals surface area contributed by atoms with E-state index in [9.17, 15) is 4.79 Å². The van der Waals surface area contributed by atoms with Crippen LogP contribution in [0.15, 0.2) is 17.3 Å². The molecule has 0 saturated carbocycles. The summed E-state index contributed by atoms with van der Waals surface area (Å²) < 4.78 is 4.47. The molecule has 0 spiro atoms. The first-order valence-corrected chi connectivity index (χ1v) is 3.99. The van der Waals surface area contributed by atoms with Gasteiger partial charge in [-0.15, -0.1) is 0 Å². The fourth-order valence-electron chi connectivity index (χ4n) is 0.842. The van der Waals surface area contributed by atoms with Crippen LogP contribution in [0.5, 0.6) is 0 Å². The van der Waals surface area contributed by atoms with Crippen LogP contribution in [0.25, 0.3) is 0 Å². The summed E-state index contributed by atoms with van der Waals surface area (Å²) in [5.74, 6) is -0.560. The number of halogens is 1. The zero-order valence-corrected chi connectivity index (χ0v) is 8.02. The number of nitrogens with zero attached hydrogens (tertiary/aromatic N) is 2. The largest absolute Gasteiger partial charge is 0.465 e. The van der Waals surface area contributed by atoms with Crippen molar-refractivity contribution < 1.29 is 14.7 Å². The molecule has 1 heterocycles. The number of carbonyl (C=O) groups is 1. The highest BCUT2D eigenvalue weighted by Crippen LogP contribution is 2.13. The summed E-state index contributed by atoms with van der Waals surface area (Å²) in [5.41, 5.74) is 0.523. The van der Waals surface area contributed by atoms with Crippen molar-refractivity contribution in [2.75, 3.05) is 7.11 Å². The summed E-state index contributed by atoms with van der Waals surface area (Å²) in [6.45, 7) is 0. The lowest BCUT2D eigenvalue weighted by Gasteiger charge is -2.01. The normalized spacial score (nSPS) is 10.4. The number of oxime groups is 1. The van der Waals surface area contributed by atoms with Gasteiger partial charge in [-0.25, -0.2) is 9.78 Å². The van der Waals surface area contributed by atoms with Gasteiger partial charge in [0.15, 0.2) is 0 Å². The second-order valence-electron chi connectivity index (χ2n) is 2.31. The third-order valence-corrected chi connectivity index (χ3v) is 1.75. The number of hydrogen-bond acceptors (Lipinski definition) is 5. The highest BCUT2D eigenvalue weighted by atomic mass is 35.5. The third kappa shape index (κ3) is 2.20. The van der Waals surface area contributed by atoms with Gasteiger partial charge in [0.1, 0.15) is 5.15 Å². The van der Waals surface area contributed by atoms with Gasteiger partial charge in [0.2, 0.25) is 0 Å². The van der Waals surface area contributed by atoms with E-state index in [1.807, 2.05) is 0 Å². The molecule has 0 aliphatic carbocycles. The molecule has 14 heavy (non-hydrogen) atoms. The first-order valence-electron chi connectivity index (χ1n) is 3.61. The summed E-state index contributed by atoms with van der Waals surface area (Å²) in [4.78, 5) is 14.9. The second kappa shape index (κ2) is 4.57. The van der Waals surface area contributed by atoms with Gasteiger partial charge < -0.3 is 9.94 Å². The summed E-state index contributed by atoms with van der Waals surface area (Å²) in [7, 11) is 1.25. The van der Waals surface area contributed by atoms with Gasteiger partial charge in [-0.1, -0.05) is 16.8 Å². The lowest BCUT2D eigenvalue weighted by molar-refractivity contribution is 0.0600. The Morgan fingerprint density at radius 1 is 1.71 bits per heavy atom. The topological polar surface area (TPSA) is 71.8 Å². The number of methoxy groups -OCH3 is 1. The number of pyridine rings is 1. The monoisotopic (exact) mass is 214 g/mol. The zero-order valence-electron chi connectivity index (χ0n) is 7.27. The van der Waals surface area contributed by atoms with Gasteiger partial charge >= 0.3 is 5.97 Å². The van der Waals surface area contributed by atoms with Crippen LogP contribution < -0.4 is 0 Å². The minimum absolute atomic E-state index is 0.00856. The van der Waals surface area contributed by atoms with Crippen LogP contribution in [0, 0.1) is 0 Å². The summed E-state index contributed by atoms with van der Waals surface area (Å²) in [6.07, 6.45) is 1.10. The molecule has 0 aliphatic rings. The van der Waals surface area contributed by atoms with Gasteiger partial charge in [0, 0.05) is 0 Å². The SMILES string of the molecule is COC(=O)c1ccc(/C=N\O)nc1Cl. The van der Waals surface area contributed by atoms with E-state index in [1.165, 1.54) is 19.2 Å². The fourth-order valence-corrected chi connectivity index (χ4v) is 1.08. The average molecular weight is 215 g/mol. The van der Waals surface area contributed by atoms with Crippen molar-refractivity contribution in [3.63, 3.8) is 0 Å².